The molecule has 0 saturated heterocycles. The highest BCUT2D eigenvalue weighted by atomic mass is 32.2. The second-order valence-electron chi connectivity index (χ2n) is 6.18. The maximum Gasteiger partial charge on any atom is 0.261 e. The minimum absolute atomic E-state index is 0.142. The summed E-state index contributed by atoms with van der Waals surface area (Å²) in [6, 6.07) is 15.4. The highest BCUT2D eigenvalue weighted by molar-refractivity contribution is 7.94. The van der Waals surface area contributed by atoms with E-state index in [1.54, 1.807) is 24.3 Å². The van der Waals surface area contributed by atoms with E-state index in [0.717, 1.165) is 11.0 Å². The second-order valence-corrected chi connectivity index (χ2v) is 8.11. The van der Waals surface area contributed by atoms with Crippen LogP contribution >= 0.6 is 0 Å². The van der Waals surface area contributed by atoms with E-state index in [0.29, 0.717) is 17.6 Å². The van der Waals surface area contributed by atoms with Crippen molar-refractivity contribution in [2.75, 3.05) is 12.4 Å². The van der Waals surface area contributed by atoms with Gasteiger partial charge in [-0.15, -0.1) is 0 Å². The van der Waals surface area contributed by atoms with Crippen molar-refractivity contribution in [1.82, 2.24) is 4.90 Å². The maximum atomic E-state index is 12.8. The van der Waals surface area contributed by atoms with Crippen LogP contribution in [0.4, 0.5) is 0 Å². The zero-order chi connectivity index (χ0) is 19.3. The number of amides is 1. The number of aldehydes is 1. The number of benzene rings is 2. The van der Waals surface area contributed by atoms with Crippen LogP contribution < -0.4 is 4.74 Å². The molecule has 0 spiro atoms. The topological polar surface area (TPSA) is 80.8 Å². The Kier molecular flexibility index (Phi) is 5.71. The molecule has 2 aromatic carbocycles. The van der Waals surface area contributed by atoms with Gasteiger partial charge in [-0.25, -0.2) is 8.42 Å². The molecule has 0 fully saturated rings. The molecule has 0 bridgehead atoms. The summed E-state index contributed by atoms with van der Waals surface area (Å²) in [4.78, 5) is 25.4. The fourth-order valence-corrected chi connectivity index (χ4v) is 4.15. The van der Waals surface area contributed by atoms with E-state index < -0.39 is 15.9 Å². The van der Waals surface area contributed by atoms with Gasteiger partial charge in [-0.2, -0.15) is 0 Å². The van der Waals surface area contributed by atoms with Gasteiger partial charge in [-0.3, -0.25) is 9.59 Å². The van der Waals surface area contributed by atoms with E-state index in [1.807, 2.05) is 30.3 Å². The Morgan fingerprint density at radius 2 is 1.81 bits per heavy atom. The van der Waals surface area contributed by atoms with Gasteiger partial charge in [0.15, 0.2) is 22.7 Å². The number of sulfone groups is 1. The number of carbonyl (C=O) groups excluding carboxylic acids is 2. The van der Waals surface area contributed by atoms with E-state index in [1.165, 1.54) is 11.0 Å². The Hall–Kier alpha value is -2.93. The number of ether oxygens (including phenoxy) is 1. The fraction of sp³-hybridized carbons (Fsp3) is 0.200. The normalized spacial score (nSPS) is 17.4. The molecule has 1 atom stereocenters. The Bertz CT molecular complexity index is 953. The monoisotopic (exact) mass is 385 g/mol. The first-order valence-corrected chi connectivity index (χ1v) is 10.1. The van der Waals surface area contributed by atoms with Crippen LogP contribution in [0.25, 0.3) is 0 Å². The third-order valence-corrected chi connectivity index (χ3v) is 5.60. The lowest BCUT2D eigenvalue weighted by Gasteiger charge is -2.27. The van der Waals surface area contributed by atoms with Crippen molar-refractivity contribution in [2.24, 2.45) is 0 Å². The molecule has 1 aliphatic heterocycles. The van der Waals surface area contributed by atoms with Crippen molar-refractivity contribution < 1.29 is 22.7 Å². The standard InChI is InChI=1S/C20H19NO5S/c22-13-17-8-4-5-9-19(17)26-14-20(23)21(12-16-6-2-1-3-7-16)18-10-11-27(24,25)15-18/h1-11,13,18H,12,14-15H2/t18-/m1/s1. The van der Waals surface area contributed by atoms with E-state index in [4.69, 9.17) is 4.74 Å². The van der Waals surface area contributed by atoms with Gasteiger partial charge >= 0.3 is 0 Å². The van der Waals surface area contributed by atoms with Gasteiger partial charge in [0.05, 0.1) is 17.4 Å². The first-order valence-electron chi connectivity index (χ1n) is 8.40. The van der Waals surface area contributed by atoms with Crippen molar-refractivity contribution in [2.45, 2.75) is 12.6 Å². The highest BCUT2D eigenvalue weighted by Gasteiger charge is 2.30. The molecule has 0 saturated carbocycles. The molecular formula is C20H19NO5S. The van der Waals surface area contributed by atoms with Gasteiger partial charge in [-0.1, -0.05) is 42.5 Å². The van der Waals surface area contributed by atoms with E-state index >= 15 is 0 Å². The predicted octanol–water partition coefficient (Wildman–Crippen LogP) is 2.22. The highest BCUT2D eigenvalue weighted by Crippen LogP contribution is 2.20. The third-order valence-electron chi connectivity index (χ3n) is 4.22. The summed E-state index contributed by atoms with van der Waals surface area (Å²) < 4.78 is 29.1. The van der Waals surface area contributed by atoms with E-state index in [-0.39, 0.29) is 24.8 Å². The molecule has 1 amide bonds. The number of nitrogens with zero attached hydrogens (tertiary/aromatic N) is 1. The molecular weight excluding hydrogens is 366 g/mol. The average Bonchev–Trinajstić information content (AvgIpc) is 3.04. The SMILES string of the molecule is O=Cc1ccccc1OCC(=O)N(Cc1ccccc1)[C@@H]1C=CS(=O)(=O)C1. The minimum Gasteiger partial charge on any atom is -0.483 e. The Balaban J connectivity index is 1.76. The molecule has 2 aromatic rings. The van der Waals surface area contributed by atoms with Gasteiger partial charge in [0.1, 0.15) is 5.75 Å². The van der Waals surface area contributed by atoms with Crippen LogP contribution in [0, 0.1) is 0 Å². The first-order chi connectivity index (χ1) is 13.0. The van der Waals surface area contributed by atoms with Crippen LogP contribution in [0.15, 0.2) is 66.1 Å². The maximum absolute atomic E-state index is 12.8. The lowest BCUT2D eigenvalue weighted by Crippen LogP contribution is -2.42. The molecule has 0 unspecified atom stereocenters. The fourth-order valence-electron chi connectivity index (χ4n) is 2.86. The molecule has 0 radical (unpaired) electrons. The van der Waals surface area contributed by atoms with Gasteiger partial charge in [0.2, 0.25) is 0 Å². The number of rotatable bonds is 7. The molecule has 140 valence electrons. The third kappa shape index (κ3) is 4.83. The van der Waals surface area contributed by atoms with Crippen molar-refractivity contribution >= 4 is 22.0 Å². The Labute approximate surface area is 158 Å². The van der Waals surface area contributed by atoms with Gasteiger partial charge in [0.25, 0.3) is 5.91 Å². The molecule has 6 nitrogen and oxygen atoms in total. The quantitative estimate of drug-likeness (QED) is 0.683. The molecule has 0 aromatic heterocycles. The summed E-state index contributed by atoms with van der Waals surface area (Å²) in [6.45, 7) is -0.0229. The minimum atomic E-state index is -3.31. The lowest BCUT2D eigenvalue weighted by molar-refractivity contribution is -0.135. The van der Waals surface area contributed by atoms with Crippen LogP contribution in [0.5, 0.6) is 5.75 Å². The number of para-hydroxylation sites is 1. The largest absolute Gasteiger partial charge is 0.483 e. The van der Waals surface area contributed by atoms with Gasteiger partial charge in [0, 0.05) is 12.0 Å². The van der Waals surface area contributed by atoms with Crippen molar-refractivity contribution in [3.05, 3.63) is 77.2 Å². The van der Waals surface area contributed by atoms with E-state index in [2.05, 4.69) is 0 Å². The molecule has 1 heterocycles. The smallest absolute Gasteiger partial charge is 0.261 e. The van der Waals surface area contributed by atoms with Crippen molar-refractivity contribution in [1.29, 1.82) is 0 Å². The van der Waals surface area contributed by atoms with Crippen LogP contribution in [0.2, 0.25) is 0 Å². The van der Waals surface area contributed by atoms with Crippen LogP contribution in [-0.4, -0.2) is 43.9 Å². The Morgan fingerprint density at radius 1 is 1.11 bits per heavy atom. The second kappa shape index (κ2) is 8.18. The molecule has 7 heteroatoms. The van der Waals surface area contributed by atoms with E-state index in [9.17, 15) is 18.0 Å². The molecule has 0 aliphatic carbocycles. The van der Waals surface area contributed by atoms with Crippen molar-refractivity contribution in [3.8, 4) is 5.75 Å². The molecule has 27 heavy (non-hydrogen) atoms. The number of hydrogen-bond donors (Lipinski definition) is 0. The lowest BCUT2D eigenvalue weighted by atomic mass is 10.1. The number of carbonyl (C=O) groups is 2. The number of hydrogen-bond acceptors (Lipinski definition) is 5. The summed E-state index contributed by atoms with van der Waals surface area (Å²) in [7, 11) is -3.31. The first kappa shape index (κ1) is 18.8. The van der Waals surface area contributed by atoms with Gasteiger partial charge in [-0.05, 0) is 23.8 Å². The predicted molar refractivity (Wildman–Crippen MR) is 101 cm³/mol. The summed E-state index contributed by atoms with van der Waals surface area (Å²) in [5.74, 6) is -0.183. The summed E-state index contributed by atoms with van der Waals surface area (Å²) in [5.41, 5.74) is 1.24. The van der Waals surface area contributed by atoms with Crippen LogP contribution in [0.1, 0.15) is 15.9 Å². The summed E-state index contributed by atoms with van der Waals surface area (Å²) >= 11 is 0. The zero-order valence-corrected chi connectivity index (χ0v) is 15.3. The van der Waals surface area contributed by atoms with Crippen LogP contribution in [0.3, 0.4) is 0 Å². The molecule has 0 N–H and O–H groups in total. The average molecular weight is 385 g/mol. The van der Waals surface area contributed by atoms with Crippen LogP contribution in [-0.2, 0) is 21.2 Å². The van der Waals surface area contributed by atoms with Crippen molar-refractivity contribution in [3.63, 3.8) is 0 Å². The summed E-state index contributed by atoms with van der Waals surface area (Å²) in [5, 5.41) is 1.14. The molecule has 1 aliphatic rings. The Morgan fingerprint density at radius 3 is 2.48 bits per heavy atom. The molecule has 3 rings (SSSR count). The summed E-state index contributed by atoms with van der Waals surface area (Å²) in [6.07, 6.45) is 2.18. The van der Waals surface area contributed by atoms with Gasteiger partial charge < -0.3 is 9.64 Å². The zero-order valence-electron chi connectivity index (χ0n) is 14.5.